The molecule has 0 saturated carbocycles. The second-order valence-corrected chi connectivity index (χ2v) is 9.63. The highest BCUT2D eigenvalue weighted by atomic mass is 35.5. The Morgan fingerprint density at radius 3 is 2.45 bits per heavy atom. The van der Waals surface area contributed by atoms with E-state index in [0.717, 1.165) is 12.8 Å². The molecule has 0 N–H and O–H groups in total. The van der Waals surface area contributed by atoms with Gasteiger partial charge in [0.2, 0.25) is 5.91 Å². The molecule has 0 radical (unpaired) electrons. The number of benzene rings is 2. The molecular weight excluding hydrogens is 463 g/mol. The van der Waals surface area contributed by atoms with Crippen molar-refractivity contribution in [2.24, 2.45) is 5.41 Å². The fraction of sp³-hybridized carbons (Fsp3) is 0.440. The van der Waals surface area contributed by atoms with Crippen LogP contribution < -0.4 is 4.74 Å². The van der Waals surface area contributed by atoms with Gasteiger partial charge in [0.15, 0.2) is 0 Å². The molecule has 2 aromatic carbocycles. The van der Waals surface area contributed by atoms with Gasteiger partial charge in [0.25, 0.3) is 5.91 Å². The Balaban J connectivity index is 1.53. The van der Waals surface area contributed by atoms with Gasteiger partial charge in [-0.1, -0.05) is 29.3 Å². The third-order valence-electron chi connectivity index (χ3n) is 6.27. The summed E-state index contributed by atoms with van der Waals surface area (Å²) < 4.78 is 11.5. The number of rotatable bonds is 6. The van der Waals surface area contributed by atoms with E-state index < -0.39 is 5.41 Å². The molecule has 176 valence electrons. The highest BCUT2D eigenvalue weighted by Crippen LogP contribution is 2.36. The van der Waals surface area contributed by atoms with E-state index in [2.05, 4.69) is 0 Å². The number of halogens is 2. The van der Waals surface area contributed by atoms with Crippen LogP contribution in [-0.2, 0) is 9.53 Å². The Kier molecular flexibility index (Phi) is 7.78. The summed E-state index contributed by atoms with van der Waals surface area (Å²) in [7, 11) is 0. The Labute approximate surface area is 204 Å². The number of morpholine rings is 1. The average molecular weight is 491 g/mol. The molecule has 0 spiro atoms. The predicted octanol–water partition coefficient (Wildman–Crippen LogP) is 4.54. The smallest absolute Gasteiger partial charge is 0.253 e. The summed E-state index contributed by atoms with van der Waals surface area (Å²) in [5.74, 6) is 0.692. The maximum absolute atomic E-state index is 13.2. The molecule has 2 saturated heterocycles. The fourth-order valence-electron chi connectivity index (χ4n) is 4.51. The molecule has 2 amide bonds. The van der Waals surface area contributed by atoms with Gasteiger partial charge in [-0.15, -0.1) is 0 Å². The molecule has 1 atom stereocenters. The van der Waals surface area contributed by atoms with E-state index in [0.29, 0.717) is 73.8 Å². The first-order valence-corrected chi connectivity index (χ1v) is 12.0. The molecule has 1 unspecified atom stereocenters. The number of hydrogen-bond donors (Lipinski definition) is 0. The van der Waals surface area contributed by atoms with Crippen molar-refractivity contribution in [3.63, 3.8) is 0 Å². The zero-order chi connectivity index (χ0) is 23.3. The van der Waals surface area contributed by atoms with Crippen LogP contribution in [0, 0.1) is 5.41 Å². The lowest BCUT2D eigenvalue weighted by Gasteiger charge is -2.43. The van der Waals surface area contributed by atoms with Crippen LogP contribution in [0.25, 0.3) is 0 Å². The molecule has 2 heterocycles. The molecule has 0 aromatic heterocycles. The minimum absolute atomic E-state index is 0.0770. The van der Waals surface area contributed by atoms with Crippen LogP contribution in [0.1, 0.15) is 29.6 Å². The van der Waals surface area contributed by atoms with Crippen LogP contribution in [0.4, 0.5) is 0 Å². The lowest BCUT2D eigenvalue weighted by molar-refractivity contribution is -0.139. The summed E-state index contributed by atoms with van der Waals surface area (Å²) in [4.78, 5) is 30.1. The number of nitrogens with zero attached hydrogens (tertiary/aromatic N) is 2. The minimum Gasteiger partial charge on any atom is -0.493 e. The Hall–Kier alpha value is -2.28. The quantitative estimate of drug-likeness (QED) is 0.596. The number of ether oxygens (including phenoxy) is 2. The summed E-state index contributed by atoms with van der Waals surface area (Å²) >= 11 is 12.1. The number of likely N-dealkylation sites (tertiary alicyclic amines) is 1. The van der Waals surface area contributed by atoms with Gasteiger partial charge in [-0.05, 0) is 55.3 Å². The summed E-state index contributed by atoms with van der Waals surface area (Å²) in [6.45, 7) is 3.72. The second-order valence-electron chi connectivity index (χ2n) is 8.75. The molecule has 33 heavy (non-hydrogen) atoms. The first-order chi connectivity index (χ1) is 15.9. The van der Waals surface area contributed by atoms with Gasteiger partial charge >= 0.3 is 0 Å². The molecule has 2 aliphatic rings. The van der Waals surface area contributed by atoms with E-state index in [-0.39, 0.29) is 11.8 Å². The van der Waals surface area contributed by atoms with Gasteiger partial charge in [-0.3, -0.25) is 9.59 Å². The molecule has 6 nitrogen and oxygen atoms in total. The molecule has 2 aliphatic heterocycles. The number of carbonyl (C=O) groups is 2. The van der Waals surface area contributed by atoms with E-state index in [1.54, 1.807) is 36.4 Å². The van der Waals surface area contributed by atoms with Crippen molar-refractivity contribution in [2.45, 2.75) is 19.3 Å². The monoisotopic (exact) mass is 490 g/mol. The molecule has 0 bridgehead atoms. The third-order valence-corrected chi connectivity index (χ3v) is 6.76. The fourth-order valence-corrected chi connectivity index (χ4v) is 4.83. The summed E-state index contributed by atoms with van der Waals surface area (Å²) in [5, 5.41) is 1.16. The Morgan fingerprint density at radius 2 is 1.73 bits per heavy atom. The zero-order valence-electron chi connectivity index (χ0n) is 18.5. The van der Waals surface area contributed by atoms with Crippen molar-refractivity contribution in [3.05, 3.63) is 64.1 Å². The number of carbonyl (C=O) groups excluding carboxylic acids is 2. The lowest BCUT2D eigenvalue weighted by atomic mass is 9.77. The summed E-state index contributed by atoms with van der Waals surface area (Å²) in [5.41, 5.74) is 0.0676. The number of amides is 2. The van der Waals surface area contributed by atoms with E-state index in [4.69, 9.17) is 32.7 Å². The van der Waals surface area contributed by atoms with Gasteiger partial charge in [0.05, 0.1) is 19.8 Å². The Bertz CT molecular complexity index is 979. The number of piperidine rings is 1. The van der Waals surface area contributed by atoms with E-state index in [1.807, 2.05) is 21.9 Å². The van der Waals surface area contributed by atoms with Gasteiger partial charge in [0.1, 0.15) is 5.75 Å². The average Bonchev–Trinajstić information content (AvgIpc) is 2.84. The minimum atomic E-state index is -0.485. The van der Waals surface area contributed by atoms with Crippen LogP contribution >= 0.6 is 23.2 Å². The number of hydrogen-bond acceptors (Lipinski definition) is 4. The van der Waals surface area contributed by atoms with Gasteiger partial charge < -0.3 is 19.3 Å². The van der Waals surface area contributed by atoms with Crippen molar-refractivity contribution < 1.29 is 19.1 Å². The first kappa shape index (κ1) is 23.9. The van der Waals surface area contributed by atoms with Crippen molar-refractivity contribution in [2.75, 3.05) is 46.0 Å². The van der Waals surface area contributed by atoms with E-state index in [9.17, 15) is 9.59 Å². The standard InChI is InChI=1S/C25H28Cl2N2O4/c26-20-5-7-22(8-6-20)33-18-25(16-23(30)28-11-13-32-14-12-28)9-2-10-29(17-25)24(31)19-3-1-4-21(27)15-19/h1,3-8,15H,2,9-14,16-18H2. The lowest BCUT2D eigenvalue weighted by Crippen LogP contribution is -2.52. The molecule has 2 fully saturated rings. The second kappa shape index (κ2) is 10.8. The molecule has 0 aliphatic carbocycles. The normalized spacial score (nSPS) is 21.0. The van der Waals surface area contributed by atoms with Crippen LogP contribution in [0.3, 0.4) is 0 Å². The molecule has 2 aromatic rings. The van der Waals surface area contributed by atoms with Crippen LogP contribution in [-0.4, -0.2) is 67.6 Å². The SMILES string of the molecule is O=C(CC1(COc2ccc(Cl)cc2)CCCN(C(=O)c2cccc(Cl)c2)C1)N1CCOCC1. The van der Waals surface area contributed by atoms with E-state index in [1.165, 1.54) is 0 Å². The maximum atomic E-state index is 13.2. The molecule has 4 rings (SSSR count). The topological polar surface area (TPSA) is 59.1 Å². The van der Waals surface area contributed by atoms with Gasteiger partial charge in [0, 0.05) is 53.6 Å². The molecule has 8 heteroatoms. The van der Waals surface area contributed by atoms with Crippen molar-refractivity contribution in [1.82, 2.24) is 9.80 Å². The zero-order valence-corrected chi connectivity index (χ0v) is 20.0. The van der Waals surface area contributed by atoms with Crippen molar-refractivity contribution in [1.29, 1.82) is 0 Å². The van der Waals surface area contributed by atoms with Crippen LogP contribution in [0.15, 0.2) is 48.5 Å². The predicted molar refractivity (Wildman–Crippen MR) is 128 cm³/mol. The maximum Gasteiger partial charge on any atom is 0.253 e. The van der Waals surface area contributed by atoms with Gasteiger partial charge in [-0.2, -0.15) is 0 Å². The summed E-state index contributed by atoms with van der Waals surface area (Å²) in [6, 6.07) is 14.2. The first-order valence-electron chi connectivity index (χ1n) is 11.2. The third kappa shape index (κ3) is 6.19. The molecular formula is C25H28Cl2N2O4. The van der Waals surface area contributed by atoms with E-state index >= 15 is 0 Å². The van der Waals surface area contributed by atoms with Crippen molar-refractivity contribution in [3.8, 4) is 5.75 Å². The van der Waals surface area contributed by atoms with Crippen LogP contribution in [0.2, 0.25) is 10.0 Å². The van der Waals surface area contributed by atoms with Gasteiger partial charge in [-0.25, -0.2) is 0 Å². The highest BCUT2D eigenvalue weighted by Gasteiger charge is 2.41. The van der Waals surface area contributed by atoms with Crippen molar-refractivity contribution >= 4 is 35.0 Å². The Morgan fingerprint density at radius 1 is 0.970 bits per heavy atom. The summed E-state index contributed by atoms with van der Waals surface area (Å²) in [6.07, 6.45) is 1.92. The van der Waals surface area contributed by atoms with Crippen LogP contribution in [0.5, 0.6) is 5.75 Å². The largest absolute Gasteiger partial charge is 0.493 e. The highest BCUT2D eigenvalue weighted by molar-refractivity contribution is 6.31.